The highest BCUT2D eigenvalue weighted by molar-refractivity contribution is 5.78. The number of benzene rings is 1. The van der Waals surface area contributed by atoms with Gasteiger partial charge >= 0.3 is 0 Å². The van der Waals surface area contributed by atoms with E-state index in [0.717, 1.165) is 37.5 Å². The first-order valence-electron chi connectivity index (χ1n) is 9.11. The maximum Gasteiger partial charge on any atom is 0.260 e. The first-order chi connectivity index (χ1) is 12.7. The average molecular weight is 357 g/mol. The van der Waals surface area contributed by atoms with Crippen LogP contribution in [0.3, 0.4) is 0 Å². The van der Waals surface area contributed by atoms with Crippen LogP contribution in [0.25, 0.3) is 0 Å². The zero-order valence-electron chi connectivity index (χ0n) is 14.9. The Morgan fingerprint density at radius 3 is 2.31 bits per heavy atom. The molecular weight excluding hydrogens is 334 g/mol. The predicted octanol–water partition coefficient (Wildman–Crippen LogP) is 2.74. The zero-order chi connectivity index (χ0) is 17.9. The Kier molecular flexibility index (Phi) is 4.77. The van der Waals surface area contributed by atoms with Gasteiger partial charge in [-0.1, -0.05) is 12.1 Å². The number of rotatable bonds is 6. The second kappa shape index (κ2) is 7.35. The van der Waals surface area contributed by atoms with Crippen LogP contribution in [0, 0.1) is 0 Å². The molecular formula is C19H23N3O4. The lowest BCUT2D eigenvalue weighted by atomic mass is 9.97. The van der Waals surface area contributed by atoms with Crippen LogP contribution >= 0.6 is 0 Å². The third-order valence-corrected chi connectivity index (χ3v) is 5.00. The van der Waals surface area contributed by atoms with Gasteiger partial charge in [-0.15, -0.1) is 10.2 Å². The number of hydrogen-bond acceptors (Lipinski definition) is 6. The molecule has 4 rings (SSSR count). The number of ether oxygens (including phenoxy) is 2. The van der Waals surface area contributed by atoms with Crippen molar-refractivity contribution in [3.05, 3.63) is 36.0 Å². The molecule has 0 bridgehead atoms. The van der Waals surface area contributed by atoms with Crippen molar-refractivity contribution in [2.24, 2.45) is 0 Å². The highest BCUT2D eigenvalue weighted by atomic mass is 16.5. The maximum atomic E-state index is 12.4. The van der Waals surface area contributed by atoms with Gasteiger partial charge in [0, 0.05) is 24.9 Å². The van der Waals surface area contributed by atoms with Gasteiger partial charge in [0.1, 0.15) is 0 Å². The first kappa shape index (κ1) is 16.9. The molecule has 1 saturated carbocycles. The molecule has 0 unspecified atom stereocenters. The van der Waals surface area contributed by atoms with Crippen molar-refractivity contribution in [2.75, 3.05) is 26.8 Å². The summed E-state index contributed by atoms with van der Waals surface area (Å²) in [5, 5.41) is 8.37. The van der Waals surface area contributed by atoms with E-state index in [4.69, 9.17) is 13.9 Å². The van der Waals surface area contributed by atoms with E-state index < -0.39 is 0 Å². The molecule has 138 valence electrons. The van der Waals surface area contributed by atoms with E-state index in [2.05, 4.69) is 10.2 Å². The van der Waals surface area contributed by atoms with Crippen LogP contribution in [-0.2, 0) is 4.79 Å². The fourth-order valence-electron chi connectivity index (χ4n) is 3.25. The molecule has 1 aromatic heterocycles. The Labute approximate surface area is 152 Å². The molecule has 7 heteroatoms. The topological polar surface area (TPSA) is 77.7 Å². The van der Waals surface area contributed by atoms with E-state index in [0.29, 0.717) is 30.5 Å². The van der Waals surface area contributed by atoms with Gasteiger partial charge in [-0.05, 0) is 37.8 Å². The highest BCUT2D eigenvalue weighted by Gasteiger charge is 2.32. The van der Waals surface area contributed by atoms with Crippen molar-refractivity contribution in [2.45, 2.75) is 37.5 Å². The van der Waals surface area contributed by atoms with Crippen molar-refractivity contribution in [3.8, 4) is 11.5 Å². The number of aromatic nitrogens is 2. The molecule has 2 aliphatic rings. The number of methoxy groups -OCH3 is 1. The lowest BCUT2D eigenvalue weighted by Crippen LogP contribution is -2.40. The minimum atomic E-state index is -0.0152. The Bertz CT molecular complexity index is 764. The molecule has 0 spiro atoms. The van der Waals surface area contributed by atoms with Crippen molar-refractivity contribution >= 4 is 5.91 Å². The monoisotopic (exact) mass is 357 g/mol. The molecule has 0 atom stereocenters. The number of carbonyl (C=O) groups excluding carboxylic acids is 1. The predicted molar refractivity (Wildman–Crippen MR) is 93.3 cm³/mol. The van der Waals surface area contributed by atoms with Gasteiger partial charge in [0.05, 0.1) is 7.11 Å². The van der Waals surface area contributed by atoms with E-state index in [9.17, 15) is 4.79 Å². The zero-order valence-corrected chi connectivity index (χ0v) is 14.9. The summed E-state index contributed by atoms with van der Waals surface area (Å²) in [5.41, 5.74) is 0. The molecule has 2 heterocycles. The summed E-state index contributed by atoms with van der Waals surface area (Å²) < 4.78 is 16.7. The van der Waals surface area contributed by atoms with Gasteiger partial charge in [0.15, 0.2) is 18.1 Å². The number of hydrogen-bond donors (Lipinski definition) is 0. The summed E-state index contributed by atoms with van der Waals surface area (Å²) in [6.45, 7) is 1.37. The maximum absolute atomic E-state index is 12.4. The summed E-state index contributed by atoms with van der Waals surface area (Å²) in [4.78, 5) is 14.3. The molecule has 2 aromatic rings. The number of piperidine rings is 1. The molecule has 1 aliphatic carbocycles. The molecule has 26 heavy (non-hydrogen) atoms. The molecule has 7 nitrogen and oxygen atoms in total. The average Bonchev–Trinajstić information content (AvgIpc) is 3.43. The fourth-order valence-corrected chi connectivity index (χ4v) is 3.25. The van der Waals surface area contributed by atoms with Crippen LogP contribution in [0.5, 0.6) is 11.5 Å². The number of likely N-dealkylation sites (tertiary alicyclic amines) is 1. The number of amides is 1. The third kappa shape index (κ3) is 3.66. The van der Waals surface area contributed by atoms with Gasteiger partial charge in [-0.2, -0.15) is 0 Å². The first-order valence-corrected chi connectivity index (χ1v) is 9.11. The molecule has 2 fully saturated rings. The smallest absolute Gasteiger partial charge is 0.260 e. The van der Waals surface area contributed by atoms with Gasteiger partial charge in [-0.3, -0.25) is 4.79 Å². The lowest BCUT2D eigenvalue weighted by molar-refractivity contribution is -0.134. The Morgan fingerprint density at radius 2 is 1.69 bits per heavy atom. The van der Waals surface area contributed by atoms with Crippen LogP contribution in [0.4, 0.5) is 0 Å². The van der Waals surface area contributed by atoms with Crippen molar-refractivity contribution in [3.63, 3.8) is 0 Å². The second-order valence-electron chi connectivity index (χ2n) is 6.85. The Hall–Kier alpha value is -2.57. The van der Waals surface area contributed by atoms with Crippen LogP contribution in [0.2, 0.25) is 0 Å². The largest absolute Gasteiger partial charge is 0.493 e. The Morgan fingerprint density at radius 1 is 1.08 bits per heavy atom. The van der Waals surface area contributed by atoms with E-state index >= 15 is 0 Å². The molecule has 1 aromatic carbocycles. The Balaban J connectivity index is 1.27. The highest BCUT2D eigenvalue weighted by Crippen LogP contribution is 2.40. The fraction of sp³-hybridized carbons (Fsp3) is 0.526. The van der Waals surface area contributed by atoms with Gasteiger partial charge < -0.3 is 18.8 Å². The van der Waals surface area contributed by atoms with Crippen LogP contribution < -0.4 is 9.47 Å². The van der Waals surface area contributed by atoms with Crippen molar-refractivity contribution in [1.82, 2.24) is 15.1 Å². The summed E-state index contributed by atoms with van der Waals surface area (Å²) in [6.07, 6.45) is 3.99. The van der Waals surface area contributed by atoms with E-state index in [-0.39, 0.29) is 18.4 Å². The van der Waals surface area contributed by atoms with Crippen LogP contribution in [0.1, 0.15) is 49.3 Å². The SMILES string of the molecule is COc1ccccc1OCC(=O)N1CCC(c2nnc(C3CC3)o2)CC1. The molecule has 0 radical (unpaired) electrons. The minimum absolute atomic E-state index is 0.0113. The number of nitrogens with zero attached hydrogens (tertiary/aromatic N) is 3. The third-order valence-electron chi connectivity index (χ3n) is 5.00. The van der Waals surface area contributed by atoms with Crippen molar-refractivity contribution < 1.29 is 18.7 Å². The lowest BCUT2D eigenvalue weighted by Gasteiger charge is -2.30. The van der Waals surface area contributed by atoms with Gasteiger partial charge in [0.25, 0.3) is 5.91 Å². The molecule has 1 aliphatic heterocycles. The van der Waals surface area contributed by atoms with Crippen LogP contribution in [0.15, 0.2) is 28.7 Å². The second-order valence-corrected chi connectivity index (χ2v) is 6.85. The molecule has 0 N–H and O–H groups in total. The van der Waals surface area contributed by atoms with Crippen molar-refractivity contribution in [1.29, 1.82) is 0 Å². The normalized spacial score (nSPS) is 18.0. The quantitative estimate of drug-likeness (QED) is 0.791. The van der Waals surface area contributed by atoms with E-state index in [1.165, 1.54) is 0 Å². The van der Waals surface area contributed by atoms with Gasteiger partial charge in [-0.25, -0.2) is 0 Å². The molecule has 1 saturated heterocycles. The number of para-hydroxylation sites is 2. The summed E-state index contributed by atoms with van der Waals surface area (Å²) >= 11 is 0. The molecule has 1 amide bonds. The van der Waals surface area contributed by atoms with Gasteiger partial charge in [0.2, 0.25) is 11.8 Å². The summed E-state index contributed by atoms with van der Waals surface area (Å²) in [7, 11) is 1.58. The summed E-state index contributed by atoms with van der Waals surface area (Å²) in [6, 6.07) is 7.33. The minimum Gasteiger partial charge on any atom is -0.493 e. The number of carbonyl (C=O) groups is 1. The summed E-state index contributed by atoms with van der Waals surface area (Å²) in [5.74, 6) is 3.42. The van der Waals surface area contributed by atoms with Crippen LogP contribution in [-0.4, -0.2) is 47.8 Å². The standard InChI is InChI=1S/C19H23N3O4/c1-24-15-4-2-3-5-16(15)25-12-17(23)22-10-8-14(9-11-22)19-21-20-18(26-19)13-6-7-13/h2-5,13-14H,6-12H2,1H3. The van der Waals surface area contributed by atoms with E-state index in [1.807, 2.05) is 23.1 Å². The van der Waals surface area contributed by atoms with E-state index in [1.54, 1.807) is 13.2 Å².